The Balaban J connectivity index is 1.31. The van der Waals surface area contributed by atoms with Crippen LogP contribution in [0.25, 0.3) is 0 Å². The summed E-state index contributed by atoms with van der Waals surface area (Å²) in [6.45, 7) is 3.66. The van der Waals surface area contributed by atoms with Gasteiger partial charge in [-0.1, -0.05) is 30.3 Å². The number of hydrogen-bond donors (Lipinski definition) is 1. The number of rotatable bonds is 7. The smallest absolute Gasteiger partial charge is 0.255 e. The van der Waals surface area contributed by atoms with E-state index in [2.05, 4.69) is 32.4 Å². The van der Waals surface area contributed by atoms with Crippen LogP contribution >= 0.6 is 0 Å². The third kappa shape index (κ3) is 5.33. The maximum Gasteiger partial charge on any atom is 0.255 e. The maximum absolute atomic E-state index is 12.8. The van der Waals surface area contributed by atoms with Gasteiger partial charge in [-0.25, -0.2) is 0 Å². The molecule has 0 spiro atoms. The molecule has 3 heterocycles. The number of likely N-dealkylation sites (tertiary alicyclic amines) is 1. The summed E-state index contributed by atoms with van der Waals surface area (Å²) >= 11 is 0. The van der Waals surface area contributed by atoms with Gasteiger partial charge in [-0.2, -0.15) is 5.10 Å². The highest BCUT2D eigenvalue weighted by Crippen LogP contribution is 2.23. The van der Waals surface area contributed by atoms with E-state index in [0.717, 1.165) is 50.2 Å². The van der Waals surface area contributed by atoms with Gasteiger partial charge in [0.05, 0.1) is 11.3 Å². The molecule has 1 amide bonds. The zero-order valence-electron chi connectivity index (χ0n) is 17.5. The van der Waals surface area contributed by atoms with E-state index >= 15 is 0 Å². The first-order valence-electron chi connectivity index (χ1n) is 10.6. The normalized spacial score (nSPS) is 15.2. The number of benzene rings is 1. The van der Waals surface area contributed by atoms with Gasteiger partial charge in [0.25, 0.3) is 5.91 Å². The molecule has 1 N–H and O–H groups in total. The number of pyridine rings is 1. The topological polar surface area (TPSA) is 63.1 Å². The van der Waals surface area contributed by atoms with Crippen LogP contribution in [0.3, 0.4) is 0 Å². The van der Waals surface area contributed by atoms with Crippen molar-refractivity contribution in [2.45, 2.75) is 32.4 Å². The molecule has 3 aromatic rings. The highest BCUT2D eigenvalue weighted by Gasteiger charge is 2.23. The van der Waals surface area contributed by atoms with E-state index in [1.54, 1.807) is 4.68 Å². The fourth-order valence-corrected chi connectivity index (χ4v) is 4.12. The van der Waals surface area contributed by atoms with Crippen LogP contribution < -0.4 is 5.32 Å². The number of piperidine rings is 1. The molecule has 0 unspecified atom stereocenters. The SMILES string of the molecule is Cn1cc(C(=O)NCc2ccccc2)c(CC2CCN(Cc3ccncc3)CC2)n1. The first kappa shape index (κ1) is 20.3. The fraction of sp³-hybridized carbons (Fsp3) is 0.375. The maximum atomic E-state index is 12.8. The molecular formula is C24H29N5O. The quantitative estimate of drug-likeness (QED) is 0.658. The van der Waals surface area contributed by atoms with Crippen molar-refractivity contribution in [3.63, 3.8) is 0 Å². The molecule has 6 heteroatoms. The Hall–Kier alpha value is -2.99. The molecule has 1 saturated heterocycles. The molecule has 156 valence electrons. The Bertz CT molecular complexity index is 946. The zero-order chi connectivity index (χ0) is 20.8. The summed E-state index contributed by atoms with van der Waals surface area (Å²) in [5, 5.41) is 7.64. The second kappa shape index (κ2) is 9.67. The molecule has 2 aromatic heterocycles. The fourth-order valence-electron chi connectivity index (χ4n) is 4.12. The number of carbonyl (C=O) groups is 1. The van der Waals surface area contributed by atoms with Crippen LogP contribution in [0.4, 0.5) is 0 Å². The van der Waals surface area contributed by atoms with Gasteiger partial charge in [0.2, 0.25) is 0 Å². The molecular weight excluding hydrogens is 374 g/mol. The minimum atomic E-state index is -0.0444. The first-order chi connectivity index (χ1) is 14.7. The van der Waals surface area contributed by atoms with Gasteiger partial charge in [-0.05, 0) is 61.5 Å². The van der Waals surface area contributed by atoms with E-state index in [0.29, 0.717) is 18.0 Å². The van der Waals surface area contributed by atoms with Gasteiger partial charge in [0, 0.05) is 38.7 Å². The van der Waals surface area contributed by atoms with Crippen molar-refractivity contribution in [1.82, 2.24) is 25.0 Å². The molecule has 1 aromatic carbocycles. The van der Waals surface area contributed by atoms with Crippen molar-refractivity contribution >= 4 is 5.91 Å². The largest absolute Gasteiger partial charge is 0.348 e. The van der Waals surface area contributed by atoms with Gasteiger partial charge in [0.15, 0.2) is 0 Å². The third-order valence-corrected chi connectivity index (χ3v) is 5.79. The molecule has 1 aliphatic heterocycles. The van der Waals surface area contributed by atoms with Crippen LogP contribution in [0.15, 0.2) is 61.1 Å². The minimum absolute atomic E-state index is 0.0444. The summed E-state index contributed by atoms with van der Waals surface area (Å²) in [5.74, 6) is 0.520. The van der Waals surface area contributed by atoms with Crippen molar-refractivity contribution in [2.75, 3.05) is 13.1 Å². The number of nitrogens with zero attached hydrogens (tertiary/aromatic N) is 4. The van der Waals surface area contributed by atoms with Crippen LogP contribution in [-0.2, 0) is 26.6 Å². The average Bonchev–Trinajstić information content (AvgIpc) is 3.15. The molecule has 0 bridgehead atoms. The van der Waals surface area contributed by atoms with Gasteiger partial charge in [0.1, 0.15) is 0 Å². The summed E-state index contributed by atoms with van der Waals surface area (Å²) in [5.41, 5.74) is 4.02. The molecule has 0 radical (unpaired) electrons. The van der Waals surface area contributed by atoms with E-state index in [4.69, 9.17) is 0 Å². The minimum Gasteiger partial charge on any atom is -0.348 e. The standard InChI is InChI=1S/C24H29N5O/c1-28-18-22(24(30)26-16-20-5-3-2-4-6-20)23(27-28)15-19-9-13-29(14-10-19)17-21-7-11-25-12-8-21/h2-8,11-12,18-19H,9-10,13-17H2,1H3,(H,26,30). The number of nitrogens with one attached hydrogen (secondary N) is 1. The van der Waals surface area contributed by atoms with Crippen molar-refractivity contribution in [2.24, 2.45) is 13.0 Å². The monoisotopic (exact) mass is 403 g/mol. The molecule has 4 rings (SSSR count). The second-order valence-electron chi connectivity index (χ2n) is 8.11. The Kier molecular flexibility index (Phi) is 6.54. The van der Waals surface area contributed by atoms with Crippen LogP contribution in [0.2, 0.25) is 0 Å². The Morgan fingerprint density at radius 3 is 2.53 bits per heavy atom. The molecule has 30 heavy (non-hydrogen) atoms. The average molecular weight is 404 g/mol. The van der Waals surface area contributed by atoms with Crippen molar-refractivity contribution < 1.29 is 4.79 Å². The first-order valence-corrected chi connectivity index (χ1v) is 10.6. The Labute approximate surface area is 177 Å². The van der Waals surface area contributed by atoms with Crippen LogP contribution in [-0.4, -0.2) is 38.7 Å². The van der Waals surface area contributed by atoms with E-state index in [9.17, 15) is 4.79 Å². The highest BCUT2D eigenvalue weighted by molar-refractivity contribution is 5.95. The van der Waals surface area contributed by atoms with Crippen molar-refractivity contribution in [3.05, 3.63) is 83.4 Å². The lowest BCUT2D eigenvalue weighted by molar-refractivity contribution is 0.0949. The van der Waals surface area contributed by atoms with E-state index in [1.165, 1.54) is 5.56 Å². The number of carbonyl (C=O) groups excluding carboxylic acids is 1. The molecule has 0 saturated carbocycles. The van der Waals surface area contributed by atoms with Crippen LogP contribution in [0.1, 0.15) is 40.0 Å². The van der Waals surface area contributed by atoms with E-state index in [-0.39, 0.29) is 5.91 Å². The second-order valence-corrected chi connectivity index (χ2v) is 8.11. The molecule has 0 aliphatic carbocycles. The molecule has 0 atom stereocenters. The number of aromatic nitrogens is 3. The number of aryl methyl sites for hydroxylation is 1. The van der Waals surface area contributed by atoms with Gasteiger partial charge in [-0.3, -0.25) is 19.4 Å². The highest BCUT2D eigenvalue weighted by atomic mass is 16.1. The summed E-state index contributed by atoms with van der Waals surface area (Å²) in [4.78, 5) is 19.4. The summed E-state index contributed by atoms with van der Waals surface area (Å²) in [6, 6.07) is 14.2. The number of hydrogen-bond acceptors (Lipinski definition) is 4. The van der Waals surface area contributed by atoms with Crippen LogP contribution in [0, 0.1) is 5.92 Å². The molecule has 6 nitrogen and oxygen atoms in total. The van der Waals surface area contributed by atoms with E-state index < -0.39 is 0 Å². The molecule has 1 fully saturated rings. The van der Waals surface area contributed by atoms with Crippen LogP contribution in [0.5, 0.6) is 0 Å². The lowest BCUT2D eigenvalue weighted by atomic mass is 9.91. The number of amides is 1. The van der Waals surface area contributed by atoms with Crippen molar-refractivity contribution in [1.29, 1.82) is 0 Å². The van der Waals surface area contributed by atoms with E-state index in [1.807, 2.05) is 56.0 Å². The van der Waals surface area contributed by atoms with Gasteiger partial charge < -0.3 is 5.32 Å². The summed E-state index contributed by atoms with van der Waals surface area (Å²) in [6.07, 6.45) is 8.67. The third-order valence-electron chi connectivity index (χ3n) is 5.79. The lowest BCUT2D eigenvalue weighted by Gasteiger charge is -2.31. The Morgan fingerprint density at radius 1 is 1.07 bits per heavy atom. The predicted molar refractivity (Wildman–Crippen MR) is 117 cm³/mol. The molecule has 1 aliphatic rings. The zero-order valence-corrected chi connectivity index (χ0v) is 17.5. The predicted octanol–water partition coefficient (Wildman–Crippen LogP) is 3.20. The lowest BCUT2D eigenvalue weighted by Crippen LogP contribution is -2.34. The van der Waals surface area contributed by atoms with Gasteiger partial charge >= 0.3 is 0 Å². The summed E-state index contributed by atoms with van der Waals surface area (Å²) in [7, 11) is 1.88. The van der Waals surface area contributed by atoms with Gasteiger partial charge in [-0.15, -0.1) is 0 Å². The summed E-state index contributed by atoms with van der Waals surface area (Å²) < 4.78 is 1.76. The Morgan fingerprint density at radius 2 is 1.80 bits per heavy atom. The van der Waals surface area contributed by atoms with Crippen molar-refractivity contribution in [3.8, 4) is 0 Å².